The van der Waals surface area contributed by atoms with Crippen LogP contribution < -0.4 is 14.4 Å². The van der Waals surface area contributed by atoms with E-state index in [-0.39, 0.29) is 0 Å². The Hall–Kier alpha value is -6.59. The number of hydrogen-bond acceptors (Lipinski definition) is 5. The zero-order valence-corrected chi connectivity index (χ0v) is 27.7. The maximum Gasteiger partial charge on any atom is 0.129 e. The molecule has 6 aromatic carbocycles. The molecule has 0 N–H and O–H groups in total. The van der Waals surface area contributed by atoms with Crippen molar-refractivity contribution >= 4 is 17.1 Å². The van der Waals surface area contributed by atoms with Gasteiger partial charge in [-0.2, -0.15) is 0 Å². The zero-order valence-electron chi connectivity index (χ0n) is 27.7. The van der Waals surface area contributed by atoms with Gasteiger partial charge < -0.3 is 19.3 Å². The fourth-order valence-corrected chi connectivity index (χ4v) is 6.42. The molecule has 242 valence electrons. The third-order valence-corrected chi connectivity index (χ3v) is 8.72. The summed E-state index contributed by atoms with van der Waals surface area (Å²) in [6.07, 6.45) is 1.85. The van der Waals surface area contributed by atoms with Crippen molar-refractivity contribution in [1.29, 1.82) is 0 Å². The van der Waals surface area contributed by atoms with Crippen LogP contribution in [0.5, 0.6) is 23.0 Å². The lowest BCUT2D eigenvalue weighted by molar-refractivity contribution is 0.482. The van der Waals surface area contributed by atoms with E-state index in [4.69, 9.17) is 14.5 Å². The second-order valence-electron chi connectivity index (χ2n) is 12.2. The molecular formula is C45H35N3O2. The molecule has 5 nitrogen and oxygen atoms in total. The Morgan fingerprint density at radius 2 is 0.940 bits per heavy atom. The van der Waals surface area contributed by atoms with Gasteiger partial charge in [-0.1, -0.05) is 109 Å². The monoisotopic (exact) mass is 649 g/mol. The smallest absolute Gasteiger partial charge is 0.129 e. The van der Waals surface area contributed by atoms with Gasteiger partial charge in [0.05, 0.1) is 23.8 Å². The molecule has 0 aliphatic carbocycles. The van der Waals surface area contributed by atoms with E-state index in [2.05, 4.69) is 120 Å². The highest BCUT2D eigenvalue weighted by Crippen LogP contribution is 2.41. The van der Waals surface area contributed by atoms with Crippen molar-refractivity contribution in [3.8, 4) is 45.4 Å². The maximum atomic E-state index is 6.51. The third kappa shape index (κ3) is 6.58. The second kappa shape index (κ2) is 13.9. The van der Waals surface area contributed by atoms with Gasteiger partial charge in [0.25, 0.3) is 0 Å². The summed E-state index contributed by atoms with van der Waals surface area (Å²) in [5.41, 5.74) is 9.72. The quantitative estimate of drug-likeness (QED) is 0.156. The molecule has 2 heterocycles. The minimum absolute atomic E-state index is 0.719. The van der Waals surface area contributed by atoms with Crippen molar-refractivity contribution in [3.05, 3.63) is 193 Å². The second-order valence-corrected chi connectivity index (χ2v) is 12.2. The first-order chi connectivity index (χ1) is 24.7. The lowest BCUT2D eigenvalue weighted by Gasteiger charge is -2.23. The van der Waals surface area contributed by atoms with Gasteiger partial charge in [-0.05, 0) is 77.4 Å². The van der Waals surface area contributed by atoms with Crippen LogP contribution in [0.4, 0.5) is 5.69 Å². The molecule has 0 saturated carbocycles. The van der Waals surface area contributed by atoms with E-state index in [1.165, 1.54) is 22.5 Å². The fraction of sp³-hybridized carbons (Fsp3) is 0.0444. The molecule has 0 spiro atoms. The number of benzene rings is 6. The van der Waals surface area contributed by atoms with Gasteiger partial charge in [-0.25, -0.2) is 0 Å². The van der Waals surface area contributed by atoms with E-state index in [9.17, 15) is 0 Å². The van der Waals surface area contributed by atoms with E-state index < -0.39 is 0 Å². The lowest BCUT2D eigenvalue weighted by atomic mass is 10.0. The summed E-state index contributed by atoms with van der Waals surface area (Å²) in [5, 5.41) is 0. The average Bonchev–Trinajstić information content (AvgIpc) is 3.53. The predicted molar refractivity (Wildman–Crippen MR) is 203 cm³/mol. The summed E-state index contributed by atoms with van der Waals surface area (Å²) < 4.78 is 12.6. The zero-order chi connectivity index (χ0) is 33.7. The van der Waals surface area contributed by atoms with Crippen LogP contribution in [0.1, 0.15) is 11.1 Å². The van der Waals surface area contributed by atoms with Crippen molar-refractivity contribution < 1.29 is 9.47 Å². The van der Waals surface area contributed by atoms with E-state index in [0.29, 0.717) is 0 Å². The highest BCUT2D eigenvalue weighted by molar-refractivity contribution is 5.99. The molecule has 0 radical (unpaired) electrons. The first kappa shape index (κ1) is 30.7. The van der Waals surface area contributed by atoms with Crippen LogP contribution in [0.15, 0.2) is 182 Å². The first-order valence-electron chi connectivity index (χ1n) is 16.7. The molecule has 5 heteroatoms. The summed E-state index contributed by atoms with van der Waals surface area (Å²) in [6.45, 7) is 0.719. The summed E-state index contributed by atoms with van der Waals surface area (Å²) in [5.74, 6) is 3.10. The maximum absolute atomic E-state index is 6.51. The SMILES string of the molecule is CN1CN(c2cccc(Oc3cccc(-c4cc(-c5cccc(Oc6ccccc6)c5)ccn4)c3)c2)C(c2ccccc2)=C1c1ccccc1. The van der Waals surface area contributed by atoms with Crippen LogP contribution in [-0.2, 0) is 0 Å². The van der Waals surface area contributed by atoms with Crippen LogP contribution in [0.2, 0.25) is 0 Å². The number of nitrogens with zero attached hydrogens (tertiary/aromatic N) is 3. The lowest BCUT2D eigenvalue weighted by Crippen LogP contribution is -2.24. The highest BCUT2D eigenvalue weighted by Gasteiger charge is 2.30. The molecule has 0 bridgehead atoms. The molecule has 0 unspecified atom stereocenters. The predicted octanol–water partition coefficient (Wildman–Crippen LogP) is 11.2. The molecule has 0 amide bonds. The van der Waals surface area contributed by atoms with E-state index in [0.717, 1.165) is 57.7 Å². The van der Waals surface area contributed by atoms with Crippen molar-refractivity contribution in [1.82, 2.24) is 9.88 Å². The van der Waals surface area contributed by atoms with Gasteiger partial charge in [0, 0.05) is 36.1 Å². The molecule has 8 rings (SSSR count). The molecule has 1 aromatic heterocycles. The minimum Gasteiger partial charge on any atom is -0.457 e. The molecule has 50 heavy (non-hydrogen) atoms. The number of rotatable bonds is 9. The fourth-order valence-electron chi connectivity index (χ4n) is 6.42. The third-order valence-electron chi connectivity index (χ3n) is 8.72. The van der Waals surface area contributed by atoms with Crippen molar-refractivity contribution in [2.75, 3.05) is 18.6 Å². The number of aromatic nitrogens is 1. The minimum atomic E-state index is 0.719. The van der Waals surface area contributed by atoms with E-state index in [1.54, 1.807) is 0 Å². The van der Waals surface area contributed by atoms with Crippen molar-refractivity contribution in [2.45, 2.75) is 0 Å². The number of para-hydroxylation sites is 1. The Morgan fingerprint density at radius 1 is 0.440 bits per heavy atom. The number of pyridine rings is 1. The van der Waals surface area contributed by atoms with Crippen LogP contribution in [0.3, 0.4) is 0 Å². The topological polar surface area (TPSA) is 37.8 Å². The summed E-state index contributed by atoms with van der Waals surface area (Å²) in [6, 6.07) is 59.7. The Morgan fingerprint density at radius 3 is 1.64 bits per heavy atom. The Labute approximate surface area is 293 Å². The van der Waals surface area contributed by atoms with Gasteiger partial charge >= 0.3 is 0 Å². The Kier molecular flexibility index (Phi) is 8.52. The van der Waals surface area contributed by atoms with Crippen LogP contribution in [-0.4, -0.2) is 23.6 Å². The first-order valence-corrected chi connectivity index (χ1v) is 16.7. The molecule has 7 aromatic rings. The van der Waals surface area contributed by atoms with Gasteiger partial charge in [-0.3, -0.25) is 4.98 Å². The van der Waals surface area contributed by atoms with Crippen molar-refractivity contribution in [2.24, 2.45) is 0 Å². The van der Waals surface area contributed by atoms with Crippen LogP contribution in [0.25, 0.3) is 33.8 Å². The van der Waals surface area contributed by atoms with Crippen LogP contribution in [0, 0.1) is 0 Å². The van der Waals surface area contributed by atoms with Gasteiger partial charge in [-0.15, -0.1) is 0 Å². The standard InChI is InChI=1S/C45H35N3O2/c1-47-32-48(45(34-16-7-3-8-17-34)44(47)33-14-5-2-6-15-33)38-20-13-25-42(31-38)50-41-24-12-19-37(29-41)43-30-36(26-27-46-43)35-18-11-23-40(28-35)49-39-21-9-4-10-22-39/h2-31H,32H2,1H3. The largest absolute Gasteiger partial charge is 0.457 e. The van der Waals surface area contributed by atoms with E-state index >= 15 is 0 Å². The Bertz CT molecular complexity index is 2270. The van der Waals surface area contributed by atoms with Gasteiger partial charge in [0.1, 0.15) is 23.0 Å². The molecule has 0 atom stereocenters. The van der Waals surface area contributed by atoms with Gasteiger partial charge in [0.15, 0.2) is 0 Å². The van der Waals surface area contributed by atoms with Crippen LogP contribution >= 0.6 is 0 Å². The number of hydrogen-bond donors (Lipinski definition) is 0. The highest BCUT2D eigenvalue weighted by atomic mass is 16.5. The molecule has 1 aliphatic rings. The molecule has 0 fully saturated rings. The van der Waals surface area contributed by atoms with E-state index in [1.807, 2.05) is 79.0 Å². The summed E-state index contributed by atoms with van der Waals surface area (Å²) in [7, 11) is 2.15. The molecule has 1 aliphatic heterocycles. The summed E-state index contributed by atoms with van der Waals surface area (Å²) >= 11 is 0. The van der Waals surface area contributed by atoms with Crippen molar-refractivity contribution in [3.63, 3.8) is 0 Å². The Balaban J connectivity index is 1.06. The number of ether oxygens (including phenoxy) is 2. The van der Waals surface area contributed by atoms with Gasteiger partial charge in [0.2, 0.25) is 0 Å². The summed E-state index contributed by atoms with van der Waals surface area (Å²) in [4.78, 5) is 9.38. The molecule has 0 saturated heterocycles. The molecular weight excluding hydrogens is 615 g/mol. The number of anilines is 1. The normalized spacial score (nSPS) is 12.7. The average molecular weight is 650 g/mol.